The first-order valence-corrected chi connectivity index (χ1v) is 9.28. The molecule has 2 saturated carbocycles. The molecule has 0 amide bonds. The molecule has 144 valence electrons. The molecule has 3 aliphatic rings. The molecule has 0 saturated heterocycles. The van der Waals surface area contributed by atoms with Crippen LogP contribution in [0.1, 0.15) is 52.4 Å². The molecule has 3 N–H and O–H groups in total. The number of cyclic esters (lactones) is 1. The van der Waals surface area contributed by atoms with Gasteiger partial charge >= 0.3 is 43.7 Å². The molecule has 0 aromatic rings. The van der Waals surface area contributed by atoms with Crippen molar-refractivity contribution in [2.24, 2.45) is 22.7 Å². The van der Waals surface area contributed by atoms with Crippen molar-refractivity contribution in [3.63, 3.8) is 0 Å². The summed E-state index contributed by atoms with van der Waals surface area (Å²) in [4.78, 5) is 11.8. The van der Waals surface area contributed by atoms with Crippen LogP contribution in [0.2, 0.25) is 0 Å². The number of hydrogen-bond acceptors (Lipinski definition) is 5. The van der Waals surface area contributed by atoms with E-state index in [1.807, 2.05) is 6.92 Å². The van der Waals surface area contributed by atoms with E-state index in [9.17, 15) is 20.1 Å². The minimum absolute atomic E-state index is 0. The van der Waals surface area contributed by atoms with Crippen LogP contribution in [0.15, 0.2) is 23.5 Å². The quantitative estimate of drug-likeness (QED) is 0.387. The third-order valence-electron chi connectivity index (χ3n) is 7.31. The average molecular weight is 393 g/mol. The van der Waals surface area contributed by atoms with E-state index >= 15 is 0 Å². The Hall–Kier alpha value is -0.0703. The fourth-order valence-electron chi connectivity index (χ4n) is 5.69. The van der Waals surface area contributed by atoms with Gasteiger partial charge in [0.1, 0.15) is 12.4 Å². The molecule has 26 heavy (non-hydrogen) atoms. The second kappa shape index (κ2) is 8.12. The molecule has 0 bridgehead atoms. The zero-order valence-corrected chi connectivity index (χ0v) is 15.3. The average Bonchev–Trinajstić information content (AvgIpc) is 2.89. The summed E-state index contributed by atoms with van der Waals surface area (Å²) in [7, 11) is 0. The zero-order valence-electron chi connectivity index (χ0n) is 15.3. The number of fused-ring (bicyclic) bond motifs is 1. The number of allylic oxidation sites excluding steroid dienone is 1. The summed E-state index contributed by atoms with van der Waals surface area (Å²) >= 11 is 0. The van der Waals surface area contributed by atoms with Crippen LogP contribution in [0.3, 0.4) is 0 Å². The molecule has 6 heteroatoms. The van der Waals surface area contributed by atoms with E-state index in [1.165, 1.54) is 5.57 Å². The Morgan fingerprint density at radius 2 is 2.00 bits per heavy atom. The summed E-state index contributed by atoms with van der Waals surface area (Å²) in [5, 5.41) is 30.4. The van der Waals surface area contributed by atoms with Gasteiger partial charge in [-0.3, -0.25) is 0 Å². The molecule has 0 radical (unpaired) electrons. The van der Waals surface area contributed by atoms with Gasteiger partial charge < -0.3 is 20.1 Å². The van der Waals surface area contributed by atoms with E-state index in [1.54, 1.807) is 0 Å². The van der Waals surface area contributed by atoms with Crippen molar-refractivity contribution in [2.45, 2.75) is 58.5 Å². The second-order valence-corrected chi connectivity index (χ2v) is 8.57. The molecule has 2 fully saturated rings. The Labute approximate surface area is 185 Å². The van der Waals surface area contributed by atoms with Crippen molar-refractivity contribution in [2.75, 3.05) is 13.2 Å². The molecular weight excluding hydrogens is 360 g/mol. The normalized spacial score (nSPS) is 40.1. The summed E-state index contributed by atoms with van der Waals surface area (Å²) in [6, 6.07) is 0. The van der Waals surface area contributed by atoms with Crippen molar-refractivity contribution in [1.29, 1.82) is 0 Å². The van der Waals surface area contributed by atoms with E-state index in [0.29, 0.717) is 18.4 Å². The van der Waals surface area contributed by atoms with Crippen LogP contribution >= 0.6 is 0 Å². The first kappa shape index (κ1) is 22.2. The van der Waals surface area contributed by atoms with Crippen LogP contribution in [0.5, 0.6) is 0 Å². The van der Waals surface area contributed by atoms with Gasteiger partial charge in [0.25, 0.3) is 0 Å². The molecule has 0 spiro atoms. The number of hydrogen-bond donors (Lipinski definition) is 3. The maximum atomic E-state index is 11.8. The molecule has 5 nitrogen and oxygen atoms in total. The van der Waals surface area contributed by atoms with E-state index in [2.05, 4.69) is 13.5 Å². The Morgan fingerprint density at radius 3 is 2.58 bits per heavy atom. The third-order valence-corrected chi connectivity index (χ3v) is 7.31. The molecule has 3 rings (SSSR count). The van der Waals surface area contributed by atoms with Crippen molar-refractivity contribution in [3.05, 3.63) is 23.5 Å². The van der Waals surface area contributed by atoms with Crippen molar-refractivity contribution >= 4 is 43.7 Å². The SMILES string of the molecule is C=C1CC[C@@H]2[C@](C)(CO)[C@H](O)CC[C@@]2(C)[C@@H]1CCC1=C(O)COC1=O.[CaH2]. The fourth-order valence-corrected chi connectivity index (χ4v) is 5.69. The van der Waals surface area contributed by atoms with Gasteiger partial charge in [-0.2, -0.15) is 0 Å². The molecule has 2 aliphatic carbocycles. The zero-order chi connectivity index (χ0) is 18.4. The van der Waals surface area contributed by atoms with Gasteiger partial charge in [0, 0.05) is 5.41 Å². The number of carbonyl (C=O) groups excluding carboxylic acids is 1. The summed E-state index contributed by atoms with van der Waals surface area (Å²) in [5.41, 5.74) is 1.01. The van der Waals surface area contributed by atoms with Crippen LogP contribution in [0, 0.1) is 22.7 Å². The number of aliphatic hydroxyl groups is 3. The van der Waals surface area contributed by atoms with Crippen LogP contribution in [0.25, 0.3) is 0 Å². The maximum absolute atomic E-state index is 11.8. The molecule has 0 aromatic carbocycles. The summed E-state index contributed by atoms with van der Waals surface area (Å²) < 4.78 is 4.89. The number of carbonyl (C=O) groups is 1. The monoisotopic (exact) mass is 392 g/mol. The van der Waals surface area contributed by atoms with E-state index in [4.69, 9.17) is 4.74 Å². The topological polar surface area (TPSA) is 87.0 Å². The van der Waals surface area contributed by atoms with E-state index in [-0.39, 0.29) is 74.0 Å². The van der Waals surface area contributed by atoms with E-state index < -0.39 is 17.5 Å². The van der Waals surface area contributed by atoms with Crippen LogP contribution in [-0.4, -0.2) is 78.3 Å². The minimum atomic E-state index is -0.500. The van der Waals surface area contributed by atoms with Crippen molar-refractivity contribution < 1.29 is 24.9 Å². The summed E-state index contributed by atoms with van der Waals surface area (Å²) in [6.45, 7) is 8.48. The predicted molar refractivity (Wildman–Crippen MR) is 102 cm³/mol. The number of aliphatic hydroxyl groups excluding tert-OH is 3. The number of rotatable bonds is 4. The van der Waals surface area contributed by atoms with Crippen LogP contribution in [0.4, 0.5) is 0 Å². The van der Waals surface area contributed by atoms with E-state index in [0.717, 1.165) is 25.7 Å². The first-order valence-electron chi connectivity index (χ1n) is 9.28. The van der Waals surface area contributed by atoms with Crippen molar-refractivity contribution in [1.82, 2.24) is 0 Å². The van der Waals surface area contributed by atoms with Gasteiger partial charge in [-0.1, -0.05) is 26.0 Å². The standard InChI is InChI=1S/C20H30O5.Ca.2H/c1-12-4-7-16-19(2,9-8-17(23)20(16,3)11-21)14(12)6-5-13-15(22)10-25-18(13)24;;;/h14,16-17,21-23H,1,4-11H2,2-3H3;;;/t14-,16+,17-,19+,20+;;;/m1.../s1. The predicted octanol–water partition coefficient (Wildman–Crippen LogP) is 1.96. The number of esters is 1. The van der Waals surface area contributed by atoms with Crippen LogP contribution in [-0.2, 0) is 9.53 Å². The molecule has 0 aromatic heterocycles. The van der Waals surface area contributed by atoms with Gasteiger partial charge in [-0.15, -0.1) is 0 Å². The Balaban J connectivity index is 0.00000243. The van der Waals surface area contributed by atoms with Gasteiger partial charge in [-0.25, -0.2) is 4.79 Å². The van der Waals surface area contributed by atoms with Gasteiger partial charge in [0.15, 0.2) is 0 Å². The molecule has 0 unspecified atom stereocenters. The third kappa shape index (κ3) is 3.50. The first-order chi connectivity index (χ1) is 11.7. The Kier molecular flexibility index (Phi) is 6.94. The van der Waals surface area contributed by atoms with Crippen molar-refractivity contribution in [3.8, 4) is 0 Å². The molecular formula is C20H32CaO5. The van der Waals surface area contributed by atoms with Gasteiger partial charge in [0.2, 0.25) is 0 Å². The Morgan fingerprint density at radius 1 is 1.31 bits per heavy atom. The number of ether oxygens (including phenoxy) is 1. The Bertz CT molecular complexity index is 615. The summed E-state index contributed by atoms with van der Waals surface area (Å²) in [5.74, 6) is 0.0490. The second-order valence-electron chi connectivity index (χ2n) is 8.57. The fraction of sp³-hybridized carbons (Fsp3) is 0.750. The van der Waals surface area contributed by atoms with Crippen LogP contribution < -0.4 is 0 Å². The molecule has 1 aliphatic heterocycles. The molecule has 5 atom stereocenters. The summed E-state index contributed by atoms with van der Waals surface area (Å²) in [6.07, 6.45) is 4.09. The molecule has 1 heterocycles. The van der Waals surface area contributed by atoms with Gasteiger partial charge in [-0.05, 0) is 55.8 Å². The van der Waals surface area contributed by atoms with Gasteiger partial charge in [0.05, 0.1) is 18.3 Å².